The van der Waals surface area contributed by atoms with Gasteiger partial charge in [-0.2, -0.15) is 39.5 Å². The maximum absolute atomic E-state index is 15.4. The average Bonchev–Trinajstić information content (AvgIpc) is 2.89. The highest BCUT2D eigenvalue weighted by Gasteiger charge is 2.73. The Morgan fingerprint density at radius 2 is 1.24 bits per heavy atom. The molecule has 0 atom stereocenters. The van der Waals surface area contributed by atoms with Crippen molar-refractivity contribution in [1.29, 1.82) is 0 Å². The summed E-state index contributed by atoms with van der Waals surface area (Å²) in [4.78, 5) is 26.2. The molecule has 17 heteroatoms. The highest BCUT2D eigenvalue weighted by Crippen LogP contribution is 2.54. The Kier molecular flexibility index (Phi) is 8.69. The third-order valence-corrected chi connectivity index (χ3v) is 6.55. The monoisotopic (exact) mass is 680 g/mol. The summed E-state index contributed by atoms with van der Waals surface area (Å²) in [6.45, 7) is 0. The van der Waals surface area contributed by atoms with Gasteiger partial charge in [0.25, 0.3) is 11.8 Å². The van der Waals surface area contributed by atoms with Crippen LogP contribution in [0.4, 0.5) is 64.1 Å². The van der Waals surface area contributed by atoms with Gasteiger partial charge in [-0.1, -0.05) is 24.3 Å². The summed E-state index contributed by atoms with van der Waals surface area (Å²) in [5, 5.41) is 0. The van der Waals surface area contributed by atoms with Crippen molar-refractivity contribution in [1.82, 2.24) is 0 Å². The SMILES string of the molecule is CN(C(=O)c1ccccc1F)c1cccc(C(=O)N(Br)c2ccc(C(F)(C(F)(F)F)C(F)(F)F)cc2C(F)(F)F)c1F. The number of hydrogen-bond donors (Lipinski definition) is 0. The summed E-state index contributed by atoms with van der Waals surface area (Å²) in [6, 6.07) is 6.13. The van der Waals surface area contributed by atoms with E-state index >= 15 is 4.39 Å². The number of carbonyl (C=O) groups is 2. The molecule has 0 radical (unpaired) electrons. The van der Waals surface area contributed by atoms with E-state index in [1.807, 2.05) is 0 Å². The number of hydrogen-bond acceptors (Lipinski definition) is 2. The zero-order chi connectivity index (χ0) is 32.0. The quantitative estimate of drug-likeness (QED) is 0.200. The lowest BCUT2D eigenvalue weighted by Gasteiger charge is -2.31. The number of amides is 2. The Hall–Kier alpha value is -3.76. The predicted octanol–water partition coefficient (Wildman–Crippen LogP) is 8.51. The van der Waals surface area contributed by atoms with Crippen molar-refractivity contribution in [3.63, 3.8) is 0 Å². The van der Waals surface area contributed by atoms with Gasteiger partial charge in [0, 0.05) is 12.6 Å². The van der Waals surface area contributed by atoms with Gasteiger partial charge in [0.15, 0.2) is 5.82 Å². The predicted molar refractivity (Wildman–Crippen MR) is 128 cm³/mol. The minimum absolute atomic E-state index is 0.0494. The van der Waals surface area contributed by atoms with Crippen LogP contribution in [0, 0.1) is 11.6 Å². The summed E-state index contributed by atoms with van der Waals surface area (Å²) in [5.74, 6) is -5.25. The molecule has 3 aromatic rings. The molecule has 0 aliphatic carbocycles. The van der Waals surface area contributed by atoms with Gasteiger partial charge in [0.1, 0.15) is 5.82 Å². The third-order valence-electron chi connectivity index (χ3n) is 5.85. The van der Waals surface area contributed by atoms with E-state index in [0.29, 0.717) is 4.90 Å². The van der Waals surface area contributed by atoms with Gasteiger partial charge in [-0.05, 0) is 36.4 Å². The summed E-state index contributed by atoms with van der Waals surface area (Å²) < 4.78 is 164. The van der Waals surface area contributed by atoms with Crippen LogP contribution in [0.3, 0.4) is 0 Å². The first kappa shape index (κ1) is 32.8. The van der Waals surface area contributed by atoms with E-state index in [1.165, 1.54) is 12.1 Å². The van der Waals surface area contributed by atoms with Crippen molar-refractivity contribution in [2.75, 3.05) is 15.9 Å². The number of benzene rings is 3. The first-order valence-corrected chi connectivity index (χ1v) is 11.7. The normalized spacial score (nSPS) is 12.7. The molecule has 2 amide bonds. The molecule has 0 unspecified atom stereocenters. The molecule has 0 N–H and O–H groups in total. The lowest BCUT2D eigenvalue weighted by atomic mass is 9.92. The summed E-state index contributed by atoms with van der Waals surface area (Å²) in [6.07, 6.45) is -19.2. The molecule has 4 nitrogen and oxygen atoms in total. The van der Waals surface area contributed by atoms with Crippen LogP contribution in [0.15, 0.2) is 60.7 Å². The number of halogens is 13. The van der Waals surface area contributed by atoms with E-state index in [1.54, 1.807) is 0 Å². The minimum atomic E-state index is -6.73. The second-order valence-electron chi connectivity index (χ2n) is 8.45. The van der Waals surface area contributed by atoms with Gasteiger partial charge < -0.3 is 4.90 Å². The van der Waals surface area contributed by atoms with Crippen molar-refractivity contribution in [2.24, 2.45) is 0 Å². The maximum atomic E-state index is 15.4. The number of alkyl halides is 10. The fourth-order valence-corrected chi connectivity index (χ4v) is 4.22. The Bertz CT molecular complexity index is 1500. The van der Waals surface area contributed by atoms with Crippen molar-refractivity contribution in [2.45, 2.75) is 24.2 Å². The minimum Gasteiger partial charge on any atom is -0.309 e. The lowest BCUT2D eigenvalue weighted by molar-refractivity contribution is -0.348. The Balaban J connectivity index is 2.09. The Morgan fingerprint density at radius 1 is 0.690 bits per heavy atom. The molecule has 0 fully saturated rings. The number of rotatable bonds is 5. The molecule has 0 bridgehead atoms. The lowest BCUT2D eigenvalue weighted by Crippen LogP contribution is -2.50. The van der Waals surface area contributed by atoms with Crippen molar-refractivity contribution < 1.29 is 62.3 Å². The van der Waals surface area contributed by atoms with Crippen molar-refractivity contribution >= 4 is 39.3 Å². The van der Waals surface area contributed by atoms with Crippen LogP contribution >= 0.6 is 16.1 Å². The van der Waals surface area contributed by atoms with Gasteiger partial charge in [0.2, 0.25) is 0 Å². The molecule has 0 saturated carbocycles. The smallest absolute Gasteiger partial charge is 0.309 e. The van der Waals surface area contributed by atoms with Crippen LogP contribution in [-0.4, -0.2) is 31.2 Å². The van der Waals surface area contributed by atoms with Crippen LogP contribution in [-0.2, 0) is 11.8 Å². The molecule has 3 rings (SSSR count). The zero-order valence-electron chi connectivity index (χ0n) is 20.4. The van der Waals surface area contributed by atoms with Gasteiger partial charge in [-0.3, -0.25) is 9.59 Å². The maximum Gasteiger partial charge on any atom is 0.435 e. The molecule has 0 aromatic heterocycles. The van der Waals surface area contributed by atoms with Crippen LogP contribution in [0.5, 0.6) is 0 Å². The second-order valence-corrected chi connectivity index (χ2v) is 9.16. The standard InChI is InChI=1S/C25H13BrF12N2O2/c1-39(20(41)13-5-2-3-7-16(13)27)18-8-4-6-14(19(18)28)21(42)40(26)17-10-9-12(11-15(17)23(30,31)32)22(29,24(33,34)35)25(36,37)38/h2-11H,1H3. The van der Waals surface area contributed by atoms with Crippen LogP contribution in [0.2, 0.25) is 0 Å². The van der Waals surface area contributed by atoms with Crippen molar-refractivity contribution in [3.05, 3.63) is 94.6 Å². The second kappa shape index (κ2) is 11.1. The fourth-order valence-electron chi connectivity index (χ4n) is 3.72. The highest BCUT2D eigenvalue weighted by atomic mass is 79.9. The summed E-state index contributed by atoms with van der Waals surface area (Å²) >= 11 is 2.41. The van der Waals surface area contributed by atoms with Gasteiger partial charge in [-0.25, -0.2) is 17.1 Å². The molecule has 42 heavy (non-hydrogen) atoms. The van der Waals surface area contributed by atoms with Gasteiger partial charge in [0.05, 0.1) is 44.2 Å². The number of anilines is 2. The summed E-state index contributed by atoms with van der Waals surface area (Å²) in [5.41, 5.74) is -14.6. The van der Waals surface area contributed by atoms with E-state index < -0.39 is 87.3 Å². The Morgan fingerprint density at radius 3 is 1.76 bits per heavy atom. The first-order valence-electron chi connectivity index (χ1n) is 11.0. The van der Waals surface area contributed by atoms with E-state index in [-0.39, 0.29) is 16.1 Å². The topological polar surface area (TPSA) is 40.6 Å². The highest BCUT2D eigenvalue weighted by molar-refractivity contribution is 9.10. The molecule has 0 aliphatic rings. The molecule has 0 saturated heterocycles. The average molecular weight is 681 g/mol. The van der Waals surface area contributed by atoms with Crippen molar-refractivity contribution in [3.8, 4) is 0 Å². The van der Waals surface area contributed by atoms with Gasteiger partial charge >= 0.3 is 24.2 Å². The van der Waals surface area contributed by atoms with Crippen LogP contribution in [0.1, 0.15) is 31.8 Å². The molecule has 3 aromatic carbocycles. The van der Waals surface area contributed by atoms with E-state index in [0.717, 1.165) is 37.4 Å². The largest absolute Gasteiger partial charge is 0.435 e. The molecule has 226 valence electrons. The van der Waals surface area contributed by atoms with Crippen LogP contribution < -0.4 is 8.83 Å². The third kappa shape index (κ3) is 5.78. The zero-order valence-corrected chi connectivity index (χ0v) is 22.0. The van der Waals surface area contributed by atoms with Gasteiger partial charge in [-0.15, -0.1) is 0 Å². The fraction of sp³-hybridized carbons (Fsp3) is 0.200. The number of carbonyl (C=O) groups excluding carboxylic acids is 2. The Labute approximate surface area is 236 Å². The van der Waals surface area contributed by atoms with E-state index in [2.05, 4.69) is 16.1 Å². The molecule has 0 heterocycles. The van der Waals surface area contributed by atoms with E-state index in [9.17, 15) is 57.9 Å². The molecule has 0 aliphatic heterocycles. The molecular formula is C25H13BrF12N2O2. The molecular weight excluding hydrogens is 668 g/mol. The van der Waals surface area contributed by atoms with E-state index in [4.69, 9.17) is 0 Å². The first-order chi connectivity index (χ1) is 19.1. The van der Waals surface area contributed by atoms with Crippen LogP contribution in [0.25, 0.3) is 0 Å². The molecule has 0 spiro atoms. The summed E-state index contributed by atoms with van der Waals surface area (Å²) in [7, 11) is 0.984. The number of nitrogens with zero attached hydrogens (tertiary/aromatic N) is 2.